The highest BCUT2D eigenvalue weighted by atomic mass is 79.9. The molecule has 0 radical (unpaired) electrons. The smallest absolute Gasteiger partial charge is 0.303 e. The summed E-state index contributed by atoms with van der Waals surface area (Å²) in [6, 6.07) is 5.80. The number of carbonyl (C=O) groups is 2. The summed E-state index contributed by atoms with van der Waals surface area (Å²) in [5.41, 5.74) is 0.865. The molecule has 0 saturated heterocycles. The molecule has 0 spiro atoms. The Labute approximate surface area is 117 Å². The van der Waals surface area contributed by atoms with Gasteiger partial charge >= 0.3 is 5.97 Å². The molecular formula is C12H12BrNO3S. The third-order valence-corrected chi connectivity index (χ3v) is 4.31. The fraction of sp³-hybridized carbons (Fsp3) is 0.333. The third-order valence-electron chi connectivity index (χ3n) is 2.65. The Morgan fingerprint density at radius 3 is 2.89 bits per heavy atom. The lowest BCUT2D eigenvalue weighted by atomic mass is 10.2. The molecule has 1 aliphatic heterocycles. The van der Waals surface area contributed by atoms with E-state index in [1.54, 1.807) is 16.7 Å². The molecular weight excluding hydrogens is 318 g/mol. The van der Waals surface area contributed by atoms with Gasteiger partial charge in [0.1, 0.15) is 0 Å². The largest absolute Gasteiger partial charge is 0.481 e. The van der Waals surface area contributed by atoms with E-state index in [4.69, 9.17) is 5.11 Å². The Balaban J connectivity index is 2.21. The van der Waals surface area contributed by atoms with Gasteiger partial charge in [0, 0.05) is 28.1 Å². The summed E-state index contributed by atoms with van der Waals surface area (Å²) in [4.78, 5) is 25.3. The molecule has 0 aromatic heterocycles. The van der Waals surface area contributed by atoms with Gasteiger partial charge in [0.05, 0.1) is 12.1 Å². The second kappa shape index (κ2) is 5.75. The Hall–Kier alpha value is -1.01. The number of anilines is 1. The molecule has 1 aromatic rings. The van der Waals surface area contributed by atoms with Crippen molar-refractivity contribution < 1.29 is 14.7 Å². The number of carboxylic acid groups (broad SMARTS) is 1. The van der Waals surface area contributed by atoms with Gasteiger partial charge in [-0.3, -0.25) is 9.59 Å². The molecule has 6 heteroatoms. The van der Waals surface area contributed by atoms with Crippen LogP contribution in [0.5, 0.6) is 0 Å². The predicted octanol–water partition coefficient (Wildman–Crippen LogP) is 2.75. The van der Waals surface area contributed by atoms with E-state index >= 15 is 0 Å². The van der Waals surface area contributed by atoms with Crippen LogP contribution in [0.2, 0.25) is 0 Å². The molecule has 1 amide bonds. The number of carbonyl (C=O) groups excluding carboxylic acids is 1. The summed E-state index contributed by atoms with van der Waals surface area (Å²) in [7, 11) is 0. The van der Waals surface area contributed by atoms with Crippen LogP contribution in [0.1, 0.15) is 12.8 Å². The molecule has 1 heterocycles. The minimum atomic E-state index is -0.943. The van der Waals surface area contributed by atoms with Crippen LogP contribution >= 0.6 is 27.7 Å². The fourth-order valence-electron chi connectivity index (χ4n) is 1.83. The van der Waals surface area contributed by atoms with Crippen molar-refractivity contribution in [1.29, 1.82) is 0 Å². The number of benzene rings is 1. The van der Waals surface area contributed by atoms with Crippen molar-refractivity contribution in [3.63, 3.8) is 0 Å². The summed E-state index contributed by atoms with van der Waals surface area (Å²) >= 11 is 5.16. The molecule has 0 saturated carbocycles. The van der Waals surface area contributed by atoms with Gasteiger partial charge in [-0.2, -0.15) is 0 Å². The van der Waals surface area contributed by atoms with Crippen LogP contribution in [0.4, 0.5) is 5.69 Å². The summed E-state index contributed by atoms with van der Waals surface area (Å²) < 4.78 is 0.871. The monoisotopic (exact) mass is 329 g/mol. The number of aliphatic carboxylic acids is 1. The van der Waals surface area contributed by atoms with Crippen LogP contribution in [-0.4, -0.2) is 29.3 Å². The van der Waals surface area contributed by atoms with Gasteiger partial charge in [-0.05, 0) is 28.1 Å². The van der Waals surface area contributed by atoms with E-state index in [1.165, 1.54) is 0 Å². The lowest BCUT2D eigenvalue weighted by Crippen LogP contribution is -2.35. The zero-order chi connectivity index (χ0) is 13.1. The number of thioether (sulfide) groups is 1. The van der Waals surface area contributed by atoms with Crippen LogP contribution in [0.25, 0.3) is 0 Å². The molecule has 4 nitrogen and oxygen atoms in total. The summed E-state index contributed by atoms with van der Waals surface area (Å²) in [6.07, 6.45) is -0.0803. The molecule has 0 fully saturated rings. The van der Waals surface area contributed by atoms with E-state index in [1.807, 2.05) is 18.2 Å². The molecule has 96 valence electrons. The molecule has 1 N–H and O–H groups in total. The molecule has 1 aliphatic rings. The first kappa shape index (κ1) is 13.4. The van der Waals surface area contributed by atoms with E-state index in [2.05, 4.69) is 15.9 Å². The predicted molar refractivity (Wildman–Crippen MR) is 74.1 cm³/mol. The summed E-state index contributed by atoms with van der Waals surface area (Å²) in [5.74, 6) is -0.240. The normalized spacial score (nSPS) is 14.2. The minimum Gasteiger partial charge on any atom is -0.481 e. The average molecular weight is 330 g/mol. The standard InChI is InChI=1S/C12H12BrNO3S/c13-8-2-1-3-9-12(8)14(6-7-18-9)10(15)4-5-11(16)17/h1-3H,4-7H2,(H,16,17). The maximum atomic E-state index is 12.1. The first-order valence-electron chi connectivity index (χ1n) is 5.53. The average Bonchev–Trinajstić information content (AvgIpc) is 2.35. The zero-order valence-corrected chi connectivity index (χ0v) is 12.0. The zero-order valence-electron chi connectivity index (χ0n) is 9.56. The fourth-order valence-corrected chi connectivity index (χ4v) is 3.57. The van der Waals surface area contributed by atoms with Crippen molar-refractivity contribution in [1.82, 2.24) is 0 Å². The molecule has 2 rings (SSSR count). The number of fused-ring (bicyclic) bond motifs is 1. The van der Waals surface area contributed by atoms with Gasteiger partial charge in [0.15, 0.2) is 0 Å². The van der Waals surface area contributed by atoms with Crippen molar-refractivity contribution in [2.24, 2.45) is 0 Å². The highest BCUT2D eigenvalue weighted by Crippen LogP contribution is 2.40. The van der Waals surface area contributed by atoms with Crippen molar-refractivity contribution >= 4 is 45.3 Å². The maximum absolute atomic E-state index is 12.1. The Morgan fingerprint density at radius 2 is 2.17 bits per heavy atom. The number of halogens is 1. The van der Waals surface area contributed by atoms with Crippen LogP contribution in [0, 0.1) is 0 Å². The Morgan fingerprint density at radius 1 is 1.39 bits per heavy atom. The molecule has 0 atom stereocenters. The first-order chi connectivity index (χ1) is 8.59. The van der Waals surface area contributed by atoms with Crippen molar-refractivity contribution in [3.05, 3.63) is 22.7 Å². The highest BCUT2D eigenvalue weighted by molar-refractivity contribution is 9.10. The summed E-state index contributed by atoms with van der Waals surface area (Å²) in [6.45, 7) is 0.624. The SMILES string of the molecule is O=C(O)CCC(=O)N1CCSc2cccc(Br)c21. The van der Waals surface area contributed by atoms with E-state index in [0.29, 0.717) is 6.54 Å². The van der Waals surface area contributed by atoms with Crippen LogP contribution in [0.3, 0.4) is 0 Å². The van der Waals surface area contributed by atoms with Gasteiger partial charge in [0.25, 0.3) is 0 Å². The van der Waals surface area contributed by atoms with Gasteiger partial charge in [-0.25, -0.2) is 0 Å². The van der Waals surface area contributed by atoms with Gasteiger partial charge in [-0.15, -0.1) is 11.8 Å². The number of amides is 1. The van der Waals surface area contributed by atoms with Gasteiger partial charge in [0.2, 0.25) is 5.91 Å². The summed E-state index contributed by atoms with van der Waals surface area (Å²) in [5, 5.41) is 8.63. The molecule has 18 heavy (non-hydrogen) atoms. The van der Waals surface area contributed by atoms with Crippen molar-refractivity contribution in [3.8, 4) is 0 Å². The molecule has 1 aromatic carbocycles. The number of nitrogens with zero attached hydrogens (tertiary/aromatic N) is 1. The first-order valence-corrected chi connectivity index (χ1v) is 7.31. The van der Waals surface area contributed by atoms with E-state index in [-0.39, 0.29) is 18.7 Å². The molecule has 0 bridgehead atoms. The quantitative estimate of drug-likeness (QED) is 0.926. The van der Waals surface area contributed by atoms with Crippen LogP contribution < -0.4 is 4.90 Å². The lowest BCUT2D eigenvalue weighted by molar-refractivity contribution is -0.138. The second-order valence-corrected chi connectivity index (χ2v) is 5.87. The number of para-hydroxylation sites is 1. The topological polar surface area (TPSA) is 57.6 Å². The number of hydrogen-bond acceptors (Lipinski definition) is 3. The van der Waals surface area contributed by atoms with E-state index in [9.17, 15) is 9.59 Å². The third kappa shape index (κ3) is 2.87. The highest BCUT2D eigenvalue weighted by Gasteiger charge is 2.25. The second-order valence-electron chi connectivity index (χ2n) is 3.87. The maximum Gasteiger partial charge on any atom is 0.303 e. The van der Waals surface area contributed by atoms with Gasteiger partial charge < -0.3 is 10.0 Å². The van der Waals surface area contributed by atoms with Crippen molar-refractivity contribution in [2.75, 3.05) is 17.2 Å². The number of carboxylic acids is 1. The van der Waals surface area contributed by atoms with Crippen molar-refractivity contribution in [2.45, 2.75) is 17.7 Å². The number of hydrogen-bond donors (Lipinski definition) is 1. The minimum absolute atomic E-state index is 0.0424. The Kier molecular flexibility index (Phi) is 4.29. The van der Waals surface area contributed by atoms with Crippen LogP contribution in [-0.2, 0) is 9.59 Å². The van der Waals surface area contributed by atoms with E-state index in [0.717, 1.165) is 20.8 Å². The number of rotatable bonds is 3. The van der Waals surface area contributed by atoms with Gasteiger partial charge in [-0.1, -0.05) is 6.07 Å². The molecule has 0 aliphatic carbocycles. The lowest BCUT2D eigenvalue weighted by Gasteiger charge is -2.30. The van der Waals surface area contributed by atoms with E-state index < -0.39 is 5.97 Å². The van der Waals surface area contributed by atoms with Crippen LogP contribution in [0.15, 0.2) is 27.6 Å². The molecule has 0 unspecified atom stereocenters. The Bertz CT molecular complexity index is 492.